The third-order valence-electron chi connectivity index (χ3n) is 6.37. The summed E-state index contributed by atoms with van der Waals surface area (Å²) in [5.74, 6) is -0.832. The molecule has 2 saturated heterocycles. The normalized spacial score (nSPS) is 21.1. The summed E-state index contributed by atoms with van der Waals surface area (Å²) in [6, 6.07) is 13.0. The Morgan fingerprint density at radius 2 is 1.57 bits per heavy atom. The van der Waals surface area contributed by atoms with Crippen molar-refractivity contribution in [1.29, 1.82) is 0 Å². The monoisotopic (exact) mass is 498 g/mol. The van der Waals surface area contributed by atoms with E-state index >= 15 is 0 Å². The summed E-state index contributed by atoms with van der Waals surface area (Å²) >= 11 is 0. The first-order valence-electron chi connectivity index (χ1n) is 11.7. The third kappa shape index (κ3) is 5.71. The molecule has 0 aliphatic carbocycles. The summed E-state index contributed by atoms with van der Waals surface area (Å²) in [7, 11) is -3.56. The first kappa shape index (κ1) is 24.9. The van der Waals surface area contributed by atoms with Crippen molar-refractivity contribution in [2.75, 3.05) is 35.2 Å². The largest absolute Gasteiger partial charge is 0.326 e. The standard InChI is InChI=1S/C25H30N4O5S/c1-17-4-3-13-28(15-17)35(33,34)23-11-7-21(8-12-23)27-25(32)19-14-24(31)29(16-19)22-9-5-20(6-10-22)26-18(2)30/h5-12,17,19H,3-4,13-16H2,1-2H3,(H,26,30)(H,27,32). The molecule has 2 aliphatic rings. The maximum Gasteiger partial charge on any atom is 0.243 e. The molecule has 2 unspecified atom stereocenters. The van der Waals surface area contributed by atoms with Gasteiger partial charge in [-0.15, -0.1) is 0 Å². The second-order valence-corrected chi connectivity index (χ2v) is 11.2. The van der Waals surface area contributed by atoms with Gasteiger partial charge >= 0.3 is 0 Å². The number of nitrogens with zero attached hydrogens (tertiary/aromatic N) is 2. The summed E-state index contributed by atoms with van der Waals surface area (Å²) in [4.78, 5) is 38.3. The topological polar surface area (TPSA) is 116 Å². The van der Waals surface area contributed by atoms with Gasteiger partial charge in [-0.25, -0.2) is 8.42 Å². The molecule has 4 rings (SSSR count). The van der Waals surface area contributed by atoms with Gasteiger partial charge in [0.1, 0.15) is 0 Å². The lowest BCUT2D eigenvalue weighted by atomic mass is 10.0. The highest BCUT2D eigenvalue weighted by Gasteiger charge is 2.35. The Labute approximate surface area is 205 Å². The molecule has 0 saturated carbocycles. The molecular formula is C25H30N4O5S. The van der Waals surface area contributed by atoms with E-state index in [9.17, 15) is 22.8 Å². The molecule has 2 aromatic rings. The van der Waals surface area contributed by atoms with Gasteiger partial charge in [-0.05, 0) is 67.3 Å². The van der Waals surface area contributed by atoms with Crippen molar-refractivity contribution in [1.82, 2.24) is 4.31 Å². The van der Waals surface area contributed by atoms with Crippen molar-refractivity contribution in [3.8, 4) is 0 Å². The van der Waals surface area contributed by atoms with Gasteiger partial charge in [0, 0.05) is 50.0 Å². The minimum atomic E-state index is -3.56. The van der Waals surface area contributed by atoms with Crippen molar-refractivity contribution in [2.45, 2.75) is 38.0 Å². The van der Waals surface area contributed by atoms with Gasteiger partial charge in [-0.2, -0.15) is 4.31 Å². The molecule has 0 radical (unpaired) electrons. The molecule has 2 fully saturated rings. The second-order valence-electron chi connectivity index (χ2n) is 9.26. The molecule has 2 atom stereocenters. The third-order valence-corrected chi connectivity index (χ3v) is 8.25. The fourth-order valence-corrected chi connectivity index (χ4v) is 6.13. The zero-order valence-corrected chi connectivity index (χ0v) is 20.7. The Morgan fingerprint density at radius 1 is 0.943 bits per heavy atom. The zero-order chi connectivity index (χ0) is 25.2. The highest BCUT2D eigenvalue weighted by atomic mass is 32.2. The van der Waals surface area contributed by atoms with Gasteiger partial charge in [0.2, 0.25) is 27.7 Å². The number of hydrogen-bond acceptors (Lipinski definition) is 5. The molecule has 0 spiro atoms. The van der Waals surface area contributed by atoms with E-state index in [0.29, 0.717) is 36.1 Å². The highest BCUT2D eigenvalue weighted by Crippen LogP contribution is 2.28. The van der Waals surface area contributed by atoms with E-state index < -0.39 is 15.9 Å². The number of sulfonamides is 1. The predicted octanol–water partition coefficient (Wildman–Crippen LogP) is 3.06. The van der Waals surface area contributed by atoms with Gasteiger partial charge in [0.05, 0.1) is 10.8 Å². The number of anilines is 3. The van der Waals surface area contributed by atoms with Crippen molar-refractivity contribution >= 4 is 44.8 Å². The maximum atomic E-state index is 12.9. The average Bonchev–Trinajstić information content (AvgIpc) is 3.21. The van der Waals surface area contributed by atoms with Gasteiger partial charge in [-0.3, -0.25) is 14.4 Å². The van der Waals surface area contributed by atoms with E-state index in [-0.39, 0.29) is 35.6 Å². The summed E-state index contributed by atoms with van der Waals surface area (Å²) < 4.78 is 27.4. The molecule has 3 amide bonds. The number of rotatable bonds is 6. The van der Waals surface area contributed by atoms with Crippen LogP contribution >= 0.6 is 0 Å². The fraction of sp³-hybridized carbons (Fsp3) is 0.400. The SMILES string of the molecule is CC(=O)Nc1ccc(N2CC(C(=O)Nc3ccc(S(=O)(=O)N4CCCC(C)C4)cc3)CC2=O)cc1. The summed E-state index contributed by atoms with van der Waals surface area (Å²) in [5, 5.41) is 5.47. The van der Waals surface area contributed by atoms with Crippen LogP contribution in [0.5, 0.6) is 0 Å². The van der Waals surface area contributed by atoms with Crippen LogP contribution in [0.4, 0.5) is 17.1 Å². The zero-order valence-electron chi connectivity index (χ0n) is 19.9. The minimum absolute atomic E-state index is 0.0822. The number of hydrogen-bond donors (Lipinski definition) is 2. The number of nitrogens with one attached hydrogen (secondary N) is 2. The Morgan fingerprint density at radius 3 is 2.20 bits per heavy atom. The van der Waals surface area contributed by atoms with E-state index in [2.05, 4.69) is 17.6 Å². The average molecular weight is 499 g/mol. The first-order valence-corrected chi connectivity index (χ1v) is 13.2. The molecule has 2 aromatic carbocycles. The molecule has 186 valence electrons. The molecule has 2 N–H and O–H groups in total. The van der Waals surface area contributed by atoms with E-state index in [4.69, 9.17) is 0 Å². The molecule has 35 heavy (non-hydrogen) atoms. The Hall–Kier alpha value is -3.24. The molecule has 2 aliphatic heterocycles. The van der Waals surface area contributed by atoms with Crippen LogP contribution < -0.4 is 15.5 Å². The molecular weight excluding hydrogens is 468 g/mol. The summed E-state index contributed by atoms with van der Waals surface area (Å²) in [5.41, 5.74) is 1.76. The first-order chi connectivity index (χ1) is 16.6. The van der Waals surface area contributed by atoms with Crippen molar-refractivity contribution in [3.05, 3.63) is 48.5 Å². The molecule has 2 heterocycles. The van der Waals surface area contributed by atoms with Crippen LogP contribution in [-0.4, -0.2) is 50.1 Å². The van der Waals surface area contributed by atoms with Crippen LogP contribution in [0.3, 0.4) is 0 Å². The lowest BCUT2D eigenvalue weighted by molar-refractivity contribution is -0.122. The van der Waals surface area contributed by atoms with Gasteiger partial charge in [0.25, 0.3) is 0 Å². The highest BCUT2D eigenvalue weighted by molar-refractivity contribution is 7.89. The van der Waals surface area contributed by atoms with Crippen molar-refractivity contribution in [2.24, 2.45) is 11.8 Å². The van der Waals surface area contributed by atoms with Gasteiger partial charge < -0.3 is 15.5 Å². The maximum absolute atomic E-state index is 12.9. The number of carbonyl (C=O) groups is 3. The van der Waals surface area contributed by atoms with Gasteiger partial charge in [-0.1, -0.05) is 6.92 Å². The molecule has 0 aromatic heterocycles. The van der Waals surface area contributed by atoms with E-state index in [0.717, 1.165) is 12.8 Å². The Bertz CT molecular complexity index is 1210. The number of amides is 3. The number of benzene rings is 2. The lowest BCUT2D eigenvalue weighted by Gasteiger charge is -2.30. The quantitative estimate of drug-likeness (QED) is 0.635. The van der Waals surface area contributed by atoms with E-state index in [1.54, 1.807) is 41.3 Å². The Kier molecular flexibility index (Phi) is 7.23. The van der Waals surface area contributed by atoms with Crippen LogP contribution in [0.2, 0.25) is 0 Å². The van der Waals surface area contributed by atoms with E-state index in [1.165, 1.54) is 23.4 Å². The van der Waals surface area contributed by atoms with E-state index in [1.807, 2.05) is 0 Å². The molecule has 0 bridgehead atoms. The van der Waals surface area contributed by atoms with Gasteiger partial charge in [0.15, 0.2) is 0 Å². The smallest absolute Gasteiger partial charge is 0.243 e. The second kappa shape index (κ2) is 10.2. The minimum Gasteiger partial charge on any atom is -0.326 e. The van der Waals surface area contributed by atoms with Crippen LogP contribution in [0.25, 0.3) is 0 Å². The lowest BCUT2D eigenvalue weighted by Crippen LogP contribution is -2.39. The van der Waals surface area contributed by atoms with Crippen LogP contribution in [0, 0.1) is 11.8 Å². The summed E-state index contributed by atoms with van der Waals surface area (Å²) in [6.45, 7) is 4.75. The fourth-order valence-electron chi connectivity index (χ4n) is 4.53. The molecule has 10 heteroatoms. The molecule has 9 nitrogen and oxygen atoms in total. The van der Waals surface area contributed by atoms with Crippen LogP contribution in [0.15, 0.2) is 53.4 Å². The van der Waals surface area contributed by atoms with Crippen LogP contribution in [-0.2, 0) is 24.4 Å². The van der Waals surface area contributed by atoms with Crippen LogP contribution in [0.1, 0.15) is 33.1 Å². The predicted molar refractivity (Wildman–Crippen MR) is 133 cm³/mol. The Balaban J connectivity index is 1.37. The number of carbonyl (C=O) groups excluding carboxylic acids is 3. The summed E-state index contributed by atoms with van der Waals surface area (Å²) in [6.07, 6.45) is 1.96. The van der Waals surface area contributed by atoms with Crippen molar-refractivity contribution in [3.63, 3.8) is 0 Å². The van der Waals surface area contributed by atoms with Crippen molar-refractivity contribution < 1.29 is 22.8 Å². The number of piperidine rings is 1.